The third-order valence-electron chi connectivity index (χ3n) is 5.61. The van der Waals surface area contributed by atoms with Gasteiger partial charge in [0, 0.05) is 22.6 Å². The number of halogens is 2. The van der Waals surface area contributed by atoms with Gasteiger partial charge in [0.05, 0.1) is 10.6 Å². The van der Waals surface area contributed by atoms with Crippen LogP contribution in [0.5, 0.6) is 0 Å². The Balaban J connectivity index is 2.01. The predicted octanol–water partition coefficient (Wildman–Crippen LogP) is 5.13. The van der Waals surface area contributed by atoms with Crippen LogP contribution in [0.1, 0.15) is 26.3 Å². The molecule has 0 aliphatic rings. The summed E-state index contributed by atoms with van der Waals surface area (Å²) in [6.45, 7) is 4.69. The molecule has 0 radical (unpaired) electrons. The molecule has 2 amide bonds. The van der Waals surface area contributed by atoms with Crippen LogP contribution in [0, 0.1) is 0 Å². The van der Waals surface area contributed by atoms with E-state index in [2.05, 4.69) is 5.32 Å². The second kappa shape index (κ2) is 12.4. The predicted molar refractivity (Wildman–Crippen MR) is 147 cm³/mol. The lowest BCUT2D eigenvalue weighted by atomic mass is 10.1. The number of carbonyl (C=O) groups excluding carboxylic acids is 2. The lowest BCUT2D eigenvalue weighted by molar-refractivity contribution is -0.139. The maximum absolute atomic E-state index is 13.8. The Bertz CT molecular complexity index is 1340. The lowest BCUT2D eigenvalue weighted by Crippen LogP contribution is -2.52. The minimum atomic E-state index is -4.09. The first-order chi connectivity index (χ1) is 17.5. The minimum Gasteiger partial charge on any atom is -0.352 e. The Morgan fingerprint density at radius 2 is 1.49 bits per heavy atom. The summed E-state index contributed by atoms with van der Waals surface area (Å²) >= 11 is 12.4. The summed E-state index contributed by atoms with van der Waals surface area (Å²) < 4.78 is 28.3. The van der Waals surface area contributed by atoms with Crippen LogP contribution < -0.4 is 9.62 Å². The molecule has 0 unspecified atom stereocenters. The summed E-state index contributed by atoms with van der Waals surface area (Å²) in [7, 11) is -4.09. The normalized spacial score (nSPS) is 12.2. The molecule has 3 aromatic carbocycles. The number of hydrogen-bond donors (Lipinski definition) is 1. The first kappa shape index (κ1) is 28.5. The molecule has 0 saturated carbocycles. The number of anilines is 1. The molecule has 0 heterocycles. The maximum atomic E-state index is 13.8. The summed E-state index contributed by atoms with van der Waals surface area (Å²) in [4.78, 5) is 28.1. The summed E-state index contributed by atoms with van der Waals surface area (Å²) in [6, 6.07) is 20.1. The molecule has 0 aliphatic heterocycles. The van der Waals surface area contributed by atoms with Crippen LogP contribution in [-0.4, -0.2) is 43.8 Å². The first-order valence-corrected chi connectivity index (χ1v) is 13.9. The number of hydrogen-bond acceptors (Lipinski definition) is 4. The first-order valence-electron chi connectivity index (χ1n) is 11.7. The Morgan fingerprint density at radius 3 is 2.05 bits per heavy atom. The molecule has 0 bridgehead atoms. The molecule has 3 aromatic rings. The third-order valence-corrected chi connectivity index (χ3v) is 7.98. The third kappa shape index (κ3) is 7.25. The van der Waals surface area contributed by atoms with Crippen molar-refractivity contribution in [1.29, 1.82) is 0 Å². The van der Waals surface area contributed by atoms with Crippen LogP contribution in [0.3, 0.4) is 0 Å². The van der Waals surface area contributed by atoms with Gasteiger partial charge in [0.25, 0.3) is 10.0 Å². The van der Waals surface area contributed by atoms with Crippen molar-refractivity contribution >= 4 is 50.7 Å². The molecule has 1 N–H and O–H groups in total. The quantitative estimate of drug-likeness (QED) is 0.371. The molecule has 0 aliphatic carbocycles. The fourth-order valence-electron chi connectivity index (χ4n) is 3.66. The Hall–Kier alpha value is -3.07. The molecule has 196 valence electrons. The molecule has 0 aromatic heterocycles. The Kier molecular flexibility index (Phi) is 9.59. The summed E-state index contributed by atoms with van der Waals surface area (Å²) in [6.07, 6.45) is 0. The van der Waals surface area contributed by atoms with Gasteiger partial charge in [-0.2, -0.15) is 0 Å². The molecular formula is C27H29Cl2N3O4S. The van der Waals surface area contributed by atoms with E-state index in [9.17, 15) is 18.0 Å². The molecule has 0 saturated heterocycles. The number of rotatable bonds is 10. The van der Waals surface area contributed by atoms with Crippen LogP contribution >= 0.6 is 23.2 Å². The number of nitrogens with one attached hydrogen (secondary N) is 1. The van der Waals surface area contributed by atoms with Crippen molar-refractivity contribution in [3.63, 3.8) is 0 Å². The smallest absolute Gasteiger partial charge is 0.264 e. The number of amides is 2. The molecular weight excluding hydrogens is 533 g/mol. The van der Waals surface area contributed by atoms with E-state index in [1.807, 2.05) is 13.8 Å². The van der Waals surface area contributed by atoms with E-state index in [4.69, 9.17) is 23.2 Å². The fraction of sp³-hybridized carbons (Fsp3) is 0.259. The zero-order valence-electron chi connectivity index (χ0n) is 20.8. The van der Waals surface area contributed by atoms with Gasteiger partial charge in [0.2, 0.25) is 11.8 Å². The molecule has 0 fully saturated rings. The van der Waals surface area contributed by atoms with Crippen molar-refractivity contribution in [3.05, 3.63) is 94.5 Å². The maximum Gasteiger partial charge on any atom is 0.264 e. The topological polar surface area (TPSA) is 86.8 Å². The number of para-hydroxylation sites is 1. The van der Waals surface area contributed by atoms with Crippen molar-refractivity contribution in [1.82, 2.24) is 10.2 Å². The minimum absolute atomic E-state index is 0.0183. The average molecular weight is 563 g/mol. The van der Waals surface area contributed by atoms with Crippen molar-refractivity contribution in [2.75, 3.05) is 10.8 Å². The zero-order chi connectivity index (χ0) is 27.2. The van der Waals surface area contributed by atoms with Gasteiger partial charge in [-0.3, -0.25) is 13.9 Å². The summed E-state index contributed by atoms with van der Waals surface area (Å²) in [5.41, 5.74) is 0.893. The molecule has 37 heavy (non-hydrogen) atoms. The van der Waals surface area contributed by atoms with Gasteiger partial charge in [-0.05, 0) is 62.7 Å². The van der Waals surface area contributed by atoms with E-state index in [0.29, 0.717) is 21.3 Å². The van der Waals surface area contributed by atoms with Gasteiger partial charge in [-0.25, -0.2) is 8.42 Å². The van der Waals surface area contributed by atoms with Crippen LogP contribution in [0.4, 0.5) is 5.69 Å². The number of carbonyl (C=O) groups is 2. The van der Waals surface area contributed by atoms with Gasteiger partial charge in [0.1, 0.15) is 12.6 Å². The zero-order valence-corrected chi connectivity index (χ0v) is 23.1. The molecule has 3 rings (SSSR count). The second-order valence-corrected chi connectivity index (χ2v) is 11.5. The molecule has 0 spiro atoms. The number of benzene rings is 3. The average Bonchev–Trinajstić information content (AvgIpc) is 2.87. The molecule has 1 atom stereocenters. The van der Waals surface area contributed by atoms with Crippen LogP contribution in [-0.2, 0) is 26.2 Å². The summed E-state index contributed by atoms with van der Waals surface area (Å²) in [5, 5.41) is 3.57. The van der Waals surface area contributed by atoms with Crippen molar-refractivity contribution in [2.24, 2.45) is 0 Å². The Labute approximate surface area is 228 Å². The van der Waals surface area contributed by atoms with Gasteiger partial charge in [-0.1, -0.05) is 65.7 Å². The van der Waals surface area contributed by atoms with Crippen LogP contribution in [0.2, 0.25) is 10.0 Å². The monoisotopic (exact) mass is 561 g/mol. The largest absolute Gasteiger partial charge is 0.352 e. The lowest BCUT2D eigenvalue weighted by Gasteiger charge is -2.32. The Morgan fingerprint density at radius 1 is 0.892 bits per heavy atom. The molecule has 10 heteroatoms. The number of nitrogens with zero attached hydrogens (tertiary/aromatic N) is 2. The van der Waals surface area contributed by atoms with E-state index in [1.165, 1.54) is 17.0 Å². The summed E-state index contributed by atoms with van der Waals surface area (Å²) in [5.74, 6) is -0.939. The van der Waals surface area contributed by atoms with Crippen molar-refractivity contribution in [3.8, 4) is 0 Å². The van der Waals surface area contributed by atoms with Gasteiger partial charge in [-0.15, -0.1) is 0 Å². The second-order valence-electron chi connectivity index (χ2n) is 8.76. The SMILES string of the molecule is CC(C)NC(=O)[C@@H](C)N(Cc1ccc(Cl)cc1Cl)C(=O)CN(c1ccccc1)S(=O)(=O)c1ccccc1. The van der Waals surface area contributed by atoms with Crippen LogP contribution in [0.25, 0.3) is 0 Å². The number of sulfonamides is 1. The highest BCUT2D eigenvalue weighted by molar-refractivity contribution is 7.92. The van der Waals surface area contributed by atoms with Crippen molar-refractivity contribution < 1.29 is 18.0 Å². The van der Waals surface area contributed by atoms with Crippen molar-refractivity contribution in [2.45, 2.75) is 44.3 Å². The highest BCUT2D eigenvalue weighted by Gasteiger charge is 2.32. The van der Waals surface area contributed by atoms with E-state index in [-0.39, 0.29) is 23.4 Å². The van der Waals surface area contributed by atoms with E-state index in [1.54, 1.807) is 73.7 Å². The van der Waals surface area contributed by atoms with Gasteiger partial charge >= 0.3 is 0 Å². The van der Waals surface area contributed by atoms with E-state index in [0.717, 1.165) is 4.31 Å². The standard InChI is InChI=1S/C27H29Cl2N3O4S/c1-19(2)30-27(34)20(3)31(17-21-14-15-22(28)16-25(21)29)26(33)18-32(23-10-6-4-7-11-23)37(35,36)24-12-8-5-9-13-24/h4-16,19-20H,17-18H2,1-3H3,(H,30,34)/t20-/m1/s1. The molecule has 7 nitrogen and oxygen atoms in total. The van der Waals surface area contributed by atoms with E-state index < -0.39 is 28.5 Å². The van der Waals surface area contributed by atoms with Gasteiger partial charge in [0.15, 0.2) is 0 Å². The van der Waals surface area contributed by atoms with E-state index >= 15 is 0 Å². The van der Waals surface area contributed by atoms with Crippen LogP contribution in [0.15, 0.2) is 83.8 Å². The highest BCUT2D eigenvalue weighted by atomic mass is 35.5. The van der Waals surface area contributed by atoms with Gasteiger partial charge < -0.3 is 10.2 Å². The fourth-order valence-corrected chi connectivity index (χ4v) is 5.57. The highest BCUT2D eigenvalue weighted by Crippen LogP contribution is 2.26.